The zero-order valence-corrected chi connectivity index (χ0v) is 17.2. The summed E-state index contributed by atoms with van der Waals surface area (Å²) in [6, 6.07) is 14.5. The van der Waals surface area contributed by atoms with Gasteiger partial charge >= 0.3 is 0 Å². The van der Waals surface area contributed by atoms with Crippen molar-refractivity contribution >= 4 is 16.8 Å². The lowest BCUT2D eigenvalue weighted by atomic mass is 9.69. The molecule has 7 rings (SSSR count). The Bertz CT molecular complexity index is 1240. The Kier molecular flexibility index (Phi) is 3.98. The fourth-order valence-corrected chi connectivity index (χ4v) is 6.15. The molecule has 3 aromatic rings. The number of benzene rings is 2. The van der Waals surface area contributed by atoms with Crippen molar-refractivity contribution in [3.63, 3.8) is 0 Å². The minimum absolute atomic E-state index is 0.0431. The zero-order chi connectivity index (χ0) is 21.2. The van der Waals surface area contributed by atoms with Gasteiger partial charge in [-0.2, -0.15) is 10.4 Å². The highest BCUT2D eigenvalue weighted by molar-refractivity contribution is 5.82. The maximum atomic E-state index is 14.2. The molecule has 0 radical (unpaired) electrons. The summed E-state index contributed by atoms with van der Waals surface area (Å²) in [7, 11) is 0. The van der Waals surface area contributed by atoms with Crippen molar-refractivity contribution in [1.29, 1.82) is 5.26 Å². The molecule has 6 heteroatoms. The van der Waals surface area contributed by atoms with E-state index < -0.39 is 0 Å². The first-order chi connectivity index (χ1) is 15.1. The summed E-state index contributed by atoms with van der Waals surface area (Å²) in [5.41, 5.74) is 2.44. The van der Waals surface area contributed by atoms with Crippen LogP contribution in [0.5, 0.6) is 0 Å². The minimum atomic E-state index is -0.220. The first-order valence-electron chi connectivity index (χ1n) is 11.0. The molecule has 4 fully saturated rings. The summed E-state index contributed by atoms with van der Waals surface area (Å²) in [6.07, 6.45) is 5.64. The SMILES string of the molecule is N#Cc1ccc2c(cnn2CC23CC(C2)C(C(=O)N2CCC2c2ccccc2F)C3)c1. The second-order valence-electron chi connectivity index (χ2n) is 9.52. The lowest BCUT2D eigenvalue weighted by molar-refractivity contribution is -0.144. The lowest BCUT2D eigenvalue weighted by Crippen LogP contribution is -2.48. The largest absolute Gasteiger partial charge is 0.335 e. The third-order valence-corrected chi connectivity index (χ3v) is 7.75. The maximum Gasteiger partial charge on any atom is 0.226 e. The van der Waals surface area contributed by atoms with E-state index in [1.807, 2.05) is 40.0 Å². The lowest BCUT2D eigenvalue weighted by Gasteiger charge is -2.43. The van der Waals surface area contributed by atoms with Crippen LogP contribution < -0.4 is 0 Å². The van der Waals surface area contributed by atoms with Crippen molar-refractivity contribution in [2.75, 3.05) is 6.54 Å². The molecule has 2 bridgehead atoms. The number of halogens is 1. The number of likely N-dealkylation sites (tertiary alicyclic amines) is 1. The van der Waals surface area contributed by atoms with Crippen molar-refractivity contribution in [1.82, 2.24) is 14.7 Å². The first-order valence-corrected chi connectivity index (χ1v) is 11.0. The molecule has 1 amide bonds. The molecule has 0 N–H and O–H groups in total. The van der Waals surface area contributed by atoms with Crippen molar-refractivity contribution in [3.8, 4) is 6.07 Å². The van der Waals surface area contributed by atoms with Crippen LogP contribution in [0.1, 0.15) is 42.9 Å². The first kappa shape index (κ1) is 18.6. The van der Waals surface area contributed by atoms with Crippen LogP contribution in [-0.2, 0) is 11.3 Å². The normalized spacial score (nSPS) is 28.8. The smallest absolute Gasteiger partial charge is 0.226 e. The number of rotatable bonds is 4. The standard InChI is InChI=1S/C25H23FN4O/c26-21-4-2-1-3-19(21)23-7-8-29(23)24(31)20-12-25(10-18(20)11-25)15-30-22-6-5-16(13-27)9-17(22)14-28-30/h1-6,9,14,18,20,23H,7-8,10-12,15H2. The number of amides is 1. The van der Waals surface area contributed by atoms with Crippen molar-refractivity contribution < 1.29 is 9.18 Å². The van der Waals surface area contributed by atoms with Crippen molar-refractivity contribution in [2.24, 2.45) is 17.3 Å². The van der Waals surface area contributed by atoms with Gasteiger partial charge in [0.1, 0.15) is 5.82 Å². The molecule has 0 spiro atoms. The van der Waals surface area contributed by atoms with Crippen LogP contribution in [0.2, 0.25) is 0 Å². The van der Waals surface area contributed by atoms with Crippen LogP contribution in [0.25, 0.3) is 10.9 Å². The van der Waals surface area contributed by atoms with Gasteiger partial charge in [-0.1, -0.05) is 18.2 Å². The molecule has 31 heavy (non-hydrogen) atoms. The van der Waals surface area contributed by atoms with Gasteiger partial charge in [0, 0.05) is 30.0 Å². The second-order valence-corrected chi connectivity index (χ2v) is 9.52. The van der Waals surface area contributed by atoms with E-state index in [9.17, 15) is 9.18 Å². The van der Waals surface area contributed by atoms with Gasteiger partial charge in [0.25, 0.3) is 0 Å². The molecule has 2 atom stereocenters. The van der Waals surface area contributed by atoms with Crippen LogP contribution in [0.4, 0.5) is 4.39 Å². The Labute approximate surface area is 180 Å². The van der Waals surface area contributed by atoms with Gasteiger partial charge < -0.3 is 4.90 Å². The molecule has 3 saturated carbocycles. The highest BCUT2D eigenvalue weighted by Crippen LogP contribution is 2.63. The molecule has 1 aromatic heterocycles. The maximum absolute atomic E-state index is 14.2. The number of carbonyl (C=O) groups excluding carboxylic acids is 1. The summed E-state index contributed by atoms with van der Waals surface area (Å²) in [5, 5.41) is 14.6. The summed E-state index contributed by atoms with van der Waals surface area (Å²) in [6.45, 7) is 1.53. The van der Waals surface area contributed by atoms with Gasteiger partial charge in [-0.25, -0.2) is 4.39 Å². The number of fused-ring (bicyclic) bond motifs is 2. The van der Waals surface area contributed by atoms with Crippen LogP contribution in [-0.4, -0.2) is 27.1 Å². The molecule has 1 aliphatic heterocycles. The predicted octanol–water partition coefficient (Wildman–Crippen LogP) is 4.44. The molecule has 3 aliphatic carbocycles. The quantitative estimate of drug-likeness (QED) is 0.634. The third-order valence-electron chi connectivity index (χ3n) is 7.75. The number of aromatic nitrogens is 2. The van der Waals surface area contributed by atoms with Crippen LogP contribution >= 0.6 is 0 Å². The van der Waals surface area contributed by atoms with Gasteiger partial charge in [-0.3, -0.25) is 9.48 Å². The number of nitriles is 1. The summed E-state index contributed by atoms with van der Waals surface area (Å²) >= 11 is 0. The Morgan fingerprint density at radius 2 is 2.06 bits per heavy atom. The Morgan fingerprint density at radius 1 is 1.23 bits per heavy atom. The van der Waals surface area contributed by atoms with Gasteiger partial charge in [-0.15, -0.1) is 0 Å². The molecular weight excluding hydrogens is 391 g/mol. The number of nitrogens with zero attached hydrogens (tertiary/aromatic N) is 4. The Morgan fingerprint density at radius 3 is 2.81 bits per heavy atom. The Hall–Kier alpha value is -3.20. The van der Waals surface area contributed by atoms with E-state index in [0.717, 1.165) is 49.7 Å². The van der Waals surface area contributed by atoms with Gasteiger partial charge in [0.15, 0.2) is 0 Å². The van der Waals surface area contributed by atoms with Crippen LogP contribution in [0.3, 0.4) is 0 Å². The van der Waals surface area contributed by atoms with E-state index in [1.54, 1.807) is 12.1 Å². The number of hydrogen-bond donors (Lipinski definition) is 0. The van der Waals surface area contributed by atoms with E-state index in [4.69, 9.17) is 5.26 Å². The van der Waals surface area contributed by atoms with E-state index in [1.165, 1.54) is 6.07 Å². The summed E-state index contributed by atoms with van der Waals surface area (Å²) in [4.78, 5) is 15.2. The summed E-state index contributed by atoms with van der Waals surface area (Å²) < 4.78 is 16.3. The average molecular weight is 414 g/mol. The molecule has 2 unspecified atom stereocenters. The molecule has 156 valence electrons. The molecule has 2 heterocycles. The molecule has 5 nitrogen and oxygen atoms in total. The molecule has 1 saturated heterocycles. The fraction of sp³-hybridized carbons (Fsp3) is 0.400. The van der Waals surface area contributed by atoms with Gasteiger partial charge in [0.05, 0.1) is 29.4 Å². The van der Waals surface area contributed by atoms with Crippen molar-refractivity contribution in [2.45, 2.75) is 38.3 Å². The zero-order valence-electron chi connectivity index (χ0n) is 17.2. The predicted molar refractivity (Wildman–Crippen MR) is 113 cm³/mol. The molecule has 4 aliphatic rings. The second kappa shape index (κ2) is 6.65. The summed E-state index contributed by atoms with van der Waals surface area (Å²) in [5.74, 6) is 0.457. The third kappa shape index (κ3) is 2.79. The monoisotopic (exact) mass is 414 g/mol. The van der Waals surface area contributed by atoms with E-state index in [2.05, 4.69) is 11.2 Å². The van der Waals surface area contributed by atoms with Gasteiger partial charge in [-0.05, 0) is 61.3 Å². The Balaban J connectivity index is 1.18. The fourth-order valence-electron chi connectivity index (χ4n) is 6.15. The van der Waals surface area contributed by atoms with Crippen LogP contribution in [0, 0.1) is 34.4 Å². The topological polar surface area (TPSA) is 61.9 Å². The van der Waals surface area contributed by atoms with Gasteiger partial charge in [0.2, 0.25) is 5.91 Å². The van der Waals surface area contributed by atoms with E-state index in [0.29, 0.717) is 17.0 Å². The van der Waals surface area contributed by atoms with Crippen molar-refractivity contribution in [3.05, 3.63) is 65.6 Å². The van der Waals surface area contributed by atoms with E-state index >= 15 is 0 Å². The minimum Gasteiger partial charge on any atom is -0.335 e. The van der Waals surface area contributed by atoms with Crippen LogP contribution in [0.15, 0.2) is 48.7 Å². The molecule has 2 aromatic carbocycles. The van der Waals surface area contributed by atoms with E-state index in [-0.39, 0.29) is 29.1 Å². The highest BCUT2D eigenvalue weighted by Gasteiger charge is 2.59. The number of hydrogen-bond acceptors (Lipinski definition) is 3. The molecular formula is C25H23FN4O. The number of carbonyl (C=O) groups is 1. The average Bonchev–Trinajstić information content (AvgIpc) is 3.40. The highest BCUT2D eigenvalue weighted by atomic mass is 19.1.